The van der Waals surface area contributed by atoms with Crippen LogP contribution in [0.4, 0.5) is 0 Å². The monoisotopic (exact) mass is 512 g/mol. The fourth-order valence-corrected chi connectivity index (χ4v) is 13.7. The summed E-state index contributed by atoms with van der Waals surface area (Å²) in [5, 5.41) is 22.2. The molecule has 7 atom stereocenters. The molecule has 2 rings (SSSR count). The molecule has 0 radical (unpaired) electrons. The van der Waals surface area contributed by atoms with Crippen LogP contribution in [0.25, 0.3) is 0 Å². The number of fused-ring (bicyclic) bond motifs is 1. The van der Waals surface area contributed by atoms with Crippen molar-refractivity contribution >= 4 is 16.6 Å². The van der Waals surface area contributed by atoms with E-state index in [0.717, 1.165) is 0 Å². The number of hydrogen-bond acceptors (Lipinski definition) is 4. The Hall–Kier alpha value is 0.0138. The van der Waals surface area contributed by atoms with Crippen LogP contribution in [0.15, 0.2) is 11.6 Å². The zero-order valence-corrected chi connectivity index (χ0v) is 26.5. The second-order valence-electron chi connectivity index (χ2n) is 13.8. The summed E-state index contributed by atoms with van der Waals surface area (Å²) in [6, 6.07) is 0. The van der Waals surface area contributed by atoms with Crippen LogP contribution >= 0.6 is 0 Å². The summed E-state index contributed by atoms with van der Waals surface area (Å²) in [6.45, 7) is 30.4. The van der Waals surface area contributed by atoms with Crippen LogP contribution in [-0.2, 0) is 8.85 Å². The molecule has 2 aliphatic rings. The molecule has 1 fully saturated rings. The van der Waals surface area contributed by atoms with Gasteiger partial charge in [0.25, 0.3) is 0 Å². The molecule has 0 spiro atoms. The van der Waals surface area contributed by atoms with Gasteiger partial charge in [-0.1, -0.05) is 80.9 Å². The molecule has 0 saturated heterocycles. The summed E-state index contributed by atoms with van der Waals surface area (Å²) < 4.78 is 13.9. The van der Waals surface area contributed by atoms with Gasteiger partial charge in [-0.15, -0.1) is 0 Å². The fraction of sp³-hybridized carbons (Fsp3) is 0.929. The van der Waals surface area contributed by atoms with Crippen molar-refractivity contribution in [3.63, 3.8) is 0 Å². The predicted molar refractivity (Wildman–Crippen MR) is 149 cm³/mol. The summed E-state index contributed by atoms with van der Waals surface area (Å²) in [4.78, 5) is 0. The van der Waals surface area contributed by atoms with E-state index in [4.69, 9.17) is 8.85 Å². The standard InChI is InChI=1S/C28H56O4Si2/c1-17(2)34(18(3)4,19(5)6)32-27-21(8)26(30)25-22(27)14-20(7)24(23(25)15-29)16-31-33(12,13)28(9,10)11/h14,17-19,21-27,29-30H,15-16H2,1-13H3/t21-,22-,23+,24+,25+,26-,27+/m0/s1. The highest BCUT2D eigenvalue weighted by molar-refractivity contribution is 6.77. The lowest BCUT2D eigenvalue weighted by Crippen LogP contribution is -2.52. The van der Waals surface area contributed by atoms with E-state index in [1.54, 1.807) is 0 Å². The van der Waals surface area contributed by atoms with Crippen molar-refractivity contribution in [2.24, 2.45) is 29.6 Å². The first-order valence-corrected chi connectivity index (χ1v) is 18.8. The average molecular weight is 513 g/mol. The first-order valence-electron chi connectivity index (χ1n) is 13.7. The normalized spacial score (nSPS) is 33.1. The Balaban J connectivity index is 2.42. The molecule has 0 aromatic heterocycles. The van der Waals surface area contributed by atoms with Crippen LogP contribution in [0, 0.1) is 29.6 Å². The van der Waals surface area contributed by atoms with Crippen LogP contribution in [0.5, 0.6) is 0 Å². The third-order valence-electron chi connectivity index (χ3n) is 10.0. The predicted octanol–water partition coefficient (Wildman–Crippen LogP) is 7.00. The maximum Gasteiger partial charge on any atom is 0.200 e. The Kier molecular flexibility index (Phi) is 9.59. The summed E-state index contributed by atoms with van der Waals surface area (Å²) in [6.07, 6.45) is 1.92. The van der Waals surface area contributed by atoms with E-state index in [9.17, 15) is 10.2 Å². The van der Waals surface area contributed by atoms with Crippen LogP contribution < -0.4 is 0 Å². The van der Waals surface area contributed by atoms with Gasteiger partial charge in [-0.05, 0) is 53.5 Å². The molecule has 200 valence electrons. The first-order chi connectivity index (χ1) is 15.4. The molecule has 2 aliphatic carbocycles. The zero-order chi connectivity index (χ0) is 26.4. The van der Waals surface area contributed by atoms with Gasteiger partial charge in [-0.2, -0.15) is 0 Å². The van der Waals surface area contributed by atoms with Crippen LogP contribution in [0.3, 0.4) is 0 Å². The SMILES string of the molecule is CC1=C[C@@H]2[C@H](O[Si](C(C)C)(C(C)C)C(C)C)[C@@H](C)[C@H](O)[C@H]2[C@H](CO)[C@@H]1CO[Si](C)(C)C(C)(C)C. The second kappa shape index (κ2) is 10.8. The summed E-state index contributed by atoms with van der Waals surface area (Å²) in [5.41, 5.74) is 2.80. The van der Waals surface area contributed by atoms with Gasteiger partial charge < -0.3 is 19.1 Å². The lowest BCUT2D eigenvalue weighted by atomic mass is 9.68. The highest BCUT2D eigenvalue weighted by Crippen LogP contribution is 2.54. The van der Waals surface area contributed by atoms with Crippen molar-refractivity contribution in [3.05, 3.63) is 11.6 Å². The van der Waals surface area contributed by atoms with E-state index >= 15 is 0 Å². The Bertz CT molecular complexity index is 688. The topological polar surface area (TPSA) is 58.9 Å². The van der Waals surface area contributed by atoms with Crippen LogP contribution in [0.2, 0.25) is 34.8 Å². The van der Waals surface area contributed by atoms with Crippen molar-refractivity contribution in [1.29, 1.82) is 0 Å². The first kappa shape index (κ1) is 30.2. The number of aliphatic hydroxyl groups is 2. The molecule has 34 heavy (non-hydrogen) atoms. The van der Waals surface area contributed by atoms with E-state index in [-0.39, 0.29) is 47.3 Å². The average Bonchev–Trinajstić information content (AvgIpc) is 2.92. The van der Waals surface area contributed by atoms with E-state index < -0.39 is 22.7 Å². The minimum absolute atomic E-state index is 0.000893. The van der Waals surface area contributed by atoms with Gasteiger partial charge in [0.1, 0.15) is 0 Å². The van der Waals surface area contributed by atoms with Gasteiger partial charge in [0.05, 0.1) is 12.2 Å². The van der Waals surface area contributed by atoms with Crippen molar-refractivity contribution < 1.29 is 19.1 Å². The summed E-state index contributed by atoms with van der Waals surface area (Å²) >= 11 is 0. The van der Waals surface area contributed by atoms with E-state index in [0.29, 0.717) is 23.2 Å². The molecule has 6 heteroatoms. The molecule has 0 aromatic rings. The highest BCUT2D eigenvalue weighted by atomic mass is 28.4. The molecular weight excluding hydrogens is 456 g/mol. The molecule has 1 saturated carbocycles. The van der Waals surface area contributed by atoms with Gasteiger partial charge in [0.2, 0.25) is 8.32 Å². The molecule has 0 unspecified atom stereocenters. The number of aliphatic hydroxyl groups excluding tert-OH is 2. The van der Waals surface area contributed by atoms with Crippen molar-refractivity contribution in [3.8, 4) is 0 Å². The molecule has 0 aliphatic heterocycles. The molecule has 0 bridgehead atoms. The lowest BCUT2D eigenvalue weighted by molar-refractivity contribution is 0.00689. The third kappa shape index (κ3) is 5.33. The van der Waals surface area contributed by atoms with Crippen molar-refractivity contribution in [2.75, 3.05) is 13.2 Å². The van der Waals surface area contributed by atoms with Crippen molar-refractivity contribution in [2.45, 2.75) is 123 Å². The molecule has 0 heterocycles. The summed E-state index contributed by atoms with van der Waals surface area (Å²) in [7, 11) is -3.99. The number of rotatable bonds is 9. The quantitative estimate of drug-likeness (QED) is 0.258. The molecular formula is C28H56O4Si2. The minimum Gasteiger partial charge on any atom is -0.416 e. The molecule has 0 amide bonds. The Labute approximate surface area is 213 Å². The summed E-state index contributed by atoms with van der Waals surface area (Å²) in [5.74, 6) is 0.355. The Morgan fingerprint density at radius 2 is 1.50 bits per heavy atom. The van der Waals surface area contributed by atoms with E-state index in [2.05, 4.69) is 95.3 Å². The Morgan fingerprint density at radius 3 is 1.91 bits per heavy atom. The van der Waals surface area contributed by atoms with Gasteiger partial charge in [0.15, 0.2) is 8.32 Å². The van der Waals surface area contributed by atoms with Crippen LogP contribution in [-0.4, -0.2) is 52.3 Å². The van der Waals surface area contributed by atoms with E-state index in [1.165, 1.54) is 5.57 Å². The second-order valence-corrected chi connectivity index (χ2v) is 24.1. The Morgan fingerprint density at radius 1 is 1.00 bits per heavy atom. The maximum absolute atomic E-state index is 11.5. The van der Waals surface area contributed by atoms with E-state index in [1.807, 2.05) is 0 Å². The number of hydrogen-bond donors (Lipinski definition) is 2. The van der Waals surface area contributed by atoms with Gasteiger partial charge >= 0.3 is 0 Å². The highest BCUT2D eigenvalue weighted by Gasteiger charge is 2.57. The van der Waals surface area contributed by atoms with Crippen molar-refractivity contribution in [1.82, 2.24) is 0 Å². The van der Waals surface area contributed by atoms with Gasteiger partial charge in [0, 0.05) is 31.0 Å². The smallest absolute Gasteiger partial charge is 0.200 e. The minimum atomic E-state index is -2.09. The van der Waals surface area contributed by atoms with Gasteiger partial charge in [-0.3, -0.25) is 0 Å². The molecule has 0 aromatic carbocycles. The lowest BCUT2D eigenvalue weighted by Gasteiger charge is -2.47. The third-order valence-corrected chi connectivity index (χ3v) is 20.6. The largest absolute Gasteiger partial charge is 0.416 e. The molecule has 2 N–H and O–H groups in total. The van der Waals surface area contributed by atoms with Crippen LogP contribution in [0.1, 0.15) is 76.2 Å². The zero-order valence-electron chi connectivity index (χ0n) is 24.5. The molecule has 4 nitrogen and oxygen atoms in total. The van der Waals surface area contributed by atoms with Gasteiger partial charge in [-0.25, -0.2) is 0 Å². The fourth-order valence-electron chi connectivity index (χ4n) is 6.97. The maximum atomic E-state index is 11.5.